The summed E-state index contributed by atoms with van der Waals surface area (Å²) in [5, 5.41) is 4.03. The average Bonchev–Trinajstić information content (AvgIpc) is 3.13. The third-order valence-corrected chi connectivity index (χ3v) is 5.97. The van der Waals surface area contributed by atoms with Gasteiger partial charge in [-0.1, -0.05) is 11.6 Å². The monoisotopic (exact) mass is 441 g/mol. The maximum Gasteiger partial charge on any atom is 0.302 e. The average molecular weight is 442 g/mol. The van der Waals surface area contributed by atoms with Crippen molar-refractivity contribution in [3.05, 3.63) is 34.5 Å². The molecule has 0 unspecified atom stereocenters. The number of aromatic nitrogens is 3. The van der Waals surface area contributed by atoms with Crippen molar-refractivity contribution < 1.29 is 9.53 Å². The Morgan fingerprint density at radius 1 is 1.29 bits per heavy atom. The molecule has 0 radical (unpaired) electrons. The summed E-state index contributed by atoms with van der Waals surface area (Å²) in [4.78, 5) is 22.7. The molecule has 4 rings (SSSR count). The largest absolute Gasteiger partial charge is 0.466 e. The number of aryl methyl sites for hydroxylation is 3. The minimum absolute atomic E-state index is 0.254. The van der Waals surface area contributed by atoms with Gasteiger partial charge in [-0.15, -0.1) is 0 Å². The molecule has 1 N–H and O–H groups in total. The summed E-state index contributed by atoms with van der Waals surface area (Å²) in [6.45, 7) is 5.65. The van der Waals surface area contributed by atoms with Crippen LogP contribution < -0.4 is 10.2 Å². The molecule has 3 aromatic rings. The second kappa shape index (κ2) is 8.75. The fourth-order valence-electron chi connectivity index (χ4n) is 4.10. The van der Waals surface area contributed by atoms with Crippen molar-refractivity contribution in [3.63, 3.8) is 0 Å². The van der Waals surface area contributed by atoms with Crippen LogP contribution in [0.3, 0.4) is 0 Å². The number of anilines is 2. The number of halogens is 1. The third-order valence-electron chi connectivity index (χ3n) is 5.59. The maximum absolute atomic E-state index is 11.1. The van der Waals surface area contributed by atoms with E-state index in [0.29, 0.717) is 11.6 Å². The van der Waals surface area contributed by atoms with Crippen LogP contribution in [-0.2, 0) is 22.5 Å². The summed E-state index contributed by atoms with van der Waals surface area (Å²) in [5.74, 6) is 1.51. The highest BCUT2D eigenvalue weighted by Crippen LogP contribution is 2.40. The van der Waals surface area contributed by atoms with Gasteiger partial charge >= 0.3 is 5.97 Å². The second-order valence-corrected chi connectivity index (χ2v) is 8.48. The van der Waals surface area contributed by atoms with Gasteiger partial charge in [0.2, 0.25) is 5.95 Å². The van der Waals surface area contributed by atoms with E-state index in [-0.39, 0.29) is 5.97 Å². The molecule has 0 atom stereocenters. The molecule has 0 saturated carbocycles. The van der Waals surface area contributed by atoms with Crippen molar-refractivity contribution in [2.24, 2.45) is 0 Å². The Kier molecular flexibility index (Phi) is 6.05. The highest BCUT2D eigenvalue weighted by molar-refractivity contribution is 6.38. The molecule has 1 aromatic carbocycles. The van der Waals surface area contributed by atoms with E-state index in [1.165, 1.54) is 6.92 Å². The zero-order valence-electron chi connectivity index (χ0n) is 18.5. The van der Waals surface area contributed by atoms with E-state index in [0.717, 1.165) is 77.5 Å². The highest BCUT2D eigenvalue weighted by atomic mass is 35.5. The lowest BCUT2D eigenvalue weighted by Crippen LogP contribution is -2.17. The van der Waals surface area contributed by atoms with Gasteiger partial charge in [0.1, 0.15) is 11.3 Å². The number of pyridine rings is 1. The Bertz CT molecular complexity index is 1140. The van der Waals surface area contributed by atoms with E-state index in [1.807, 2.05) is 32.0 Å². The summed E-state index contributed by atoms with van der Waals surface area (Å²) in [6, 6.07) is 6.23. The molecule has 0 bridgehead atoms. The predicted octanol–water partition coefficient (Wildman–Crippen LogP) is 4.44. The first-order chi connectivity index (χ1) is 14.9. The van der Waals surface area contributed by atoms with E-state index in [2.05, 4.69) is 22.0 Å². The molecule has 1 aliphatic heterocycles. The second-order valence-electron chi connectivity index (χ2n) is 8.10. The molecule has 8 heteroatoms. The lowest BCUT2D eigenvalue weighted by molar-refractivity contribution is -0.141. The molecule has 31 heavy (non-hydrogen) atoms. The van der Waals surface area contributed by atoms with Crippen molar-refractivity contribution in [2.75, 3.05) is 37.5 Å². The number of benzene rings is 1. The first kappa shape index (κ1) is 21.4. The number of imidazole rings is 1. The van der Waals surface area contributed by atoms with E-state index in [9.17, 15) is 4.79 Å². The van der Waals surface area contributed by atoms with Crippen LogP contribution in [0.5, 0.6) is 0 Å². The molecule has 0 amide bonds. The van der Waals surface area contributed by atoms with Crippen LogP contribution in [0.15, 0.2) is 18.2 Å². The Labute approximate surface area is 187 Å². The van der Waals surface area contributed by atoms with Gasteiger partial charge in [-0.05, 0) is 49.9 Å². The van der Waals surface area contributed by atoms with Gasteiger partial charge in [-0.25, -0.2) is 9.97 Å². The number of hydrogen-bond acceptors (Lipinski definition) is 6. The van der Waals surface area contributed by atoms with E-state index >= 15 is 0 Å². The lowest BCUT2D eigenvalue weighted by Gasteiger charge is -2.18. The molecule has 164 valence electrons. The molecule has 0 aliphatic carbocycles. The fourth-order valence-corrected chi connectivity index (χ4v) is 4.39. The molecular formula is C23H28ClN5O2. The molecule has 0 fully saturated rings. The fraction of sp³-hybridized carbons (Fsp3) is 0.435. The van der Waals surface area contributed by atoms with Crippen LogP contribution in [0.2, 0.25) is 5.02 Å². The summed E-state index contributed by atoms with van der Waals surface area (Å²) >= 11 is 6.93. The SMILES string of the molecule is CC(=O)OCCCc1cc(-c2ccc(N(C)C)nc2C)c(Cl)c2nc3n(c12)CCCN3. The van der Waals surface area contributed by atoms with Gasteiger partial charge in [0, 0.05) is 50.9 Å². The van der Waals surface area contributed by atoms with Crippen LogP contribution in [0.1, 0.15) is 31.0 Å². The normalized spacial score (nSPS) is 13.1. The third kappa shape index (κ3) is 4.19. The number of rotatable bonds is 6. The quantitative estimate of drug-likeness (QED) is 0.450. The van der Waals surface area contributed by atoms with Crippen LogP contribution in [0, 0.1) is 6.92 Å². The number of carbonyl (C=O) groups is 1. The Hall–Kier alpha value is -2.80. The molecule has 1 aliphatic rings. The van der Waals surface area contributed by atoms with Gasteiger partial charge in [0.25, 0.3) is 0 Å². The molecule has 2 aromatic heterocycles. The van der Waals surface area contributed by atoms with Crippen molar-refractivity contribution in [1.29, 1.82) is 0 Å². The predicted molar refractivity (Wildman–Crippen MR) is 125 cm³/mol. The van der Waals surface area contributed by atoms with Crippen molar-refractivity contribution >= 4 is 40.4 Å². The number of fused-ring (bicyclic) bond motifs is 3. The molecule has 3 heterocycles. The lowest BCUT2D eigenvalue weighted by atomic mass is 9.98. The zero-order valence-corrected chi connectivity index (χ0v) is 19.2. The standard InChI is InChI=1S/C23H28ClN5O2/c1-14-17(8-9-19(26-14)28(3)4)18-13-16(7-5-12-31-15(2)30)22-21(20(18)24)27-23-25-10-6-11-29(22)23/h8-9,13H,5-7,10-12H2,1-4H3,(H,25,27). The first-order valence-corrected chi connectivity index (χ1v) is 11.0. The summed E-state index contributed by atoms with van der Waals surface area (Å²) in [6.07, 6.45) is 2.54. The number of hydrogen-bond donors (Lipinski definition) is 1. The van der Waals surface area contributed by atoms with E-state index in [1.54, 1.807) is 0 Å². The number of nitrogens with one attached hydrogen (secondary N) is 1. The van der Waals surface area contributed by atoms with Crippen LogP contribution >= 0.6 is 11.6 Å². The minimum atomic E-state index is -0.254. The molecule has 7 nitrogen and oxygen atoms in total. The zero-order chi connectivity index (χ0) is 22.1. The summed E-state index contributed by atoms with van der Waals surface area (Å²) in [5.41, 5.74) is 5.87. The molecule has 0 spiro atoms. The van der Waals surface area contributed by atoms with Crippen molar-refractivity contribution in [2.45, 2.75) is 39.7 Å². The molecule has 0 saturated heterocycles. The maximum atomic E-state index is 11.1. The minimum Gasteiger partial charge on any atom is -0.466 e. The van der Waals surface area contributed by atoms with Crippen molar-refractivity contribution in [3.8, 4) is 11.1 Å². The Balaban J connectivity index is 1.83. The van der Waals surface area contributed by atoms with E-state index < -0.39 is 0 Å². The first-order valence-electron chi connectivity index (χ1n) is 10.6. The Morgan fingerprint density at radius 3 is 2.81 bits per heavy atom. The van der Waals surface area contributed by atoms with Gasteiger partial charge < -0.3 is 19.5 Å². The van der Waals surface area contributed by atoms with Gasteiger partial charge in [-0.2, -0.15) is 0 Å². The smallest absolute Gasteiger partial charge is 0.302 e. The number of carbonyl (C=O) groups excluding carboxylic acids is 1. The highest BCUT2D eigenvalue weighted by Gasteiger charge is 2.22. The number of esters is 1. The topological polar surface area (TPSA) is 72.3 Å². The van der Waals surface area contributed by atoms with Gasteiger partial charge in [-0.3, -0.25) is 4.79 Å². The summed E-state index contributed by atoms with van der Waals surface area (Å²) < 4.78 is 7.37. The Morgan fingerprint density at radius 2 is 2.10 bits per heavy atom. The van der Waals surface area contributed by atoms with Crippen molar-refractivity contribution in [1.82, 2.24) is 14.5 Å². The van der Waals surface area contributed by atoms with Crippen LogP contribution in [0.25, 0.3) is 22.2 Å². The number of nitrogens with zero attached hydrogens (tertiary/aromatic N) is 4. The molecular weight excluding hydrogens is 414 g/mol. The van der Waals surface area contributed by atoms with Crippen LogP contribution in [0.4, 0.5) is 11.8 Å². The number of ether oxygens (including phenoxy) is 1. The van der Waals surface area contributed by atoms with Gasteiger partial charge in [0.05, 0.1) is 17.1 Å². The summed E-state index contributed by atoms with van der Waals surface area (Å²) in [7, 11) is 3.95. The van der Waals surface area contributed by atoms with Crippen LogP contribution in [-0.4, -0.2) is 47.8 Å². The van der Waals surface area contributed by atoms with E-state index in [4.69, 9.17) is 26.3 Å². The van der Waals surface area contributed by atoms with Gasteiger partial charge in [0.15, 0.2) is 0 Å².